The number of carbonyl (C=O) groups is 2. The molecule has 0 amide bonds. The van der Waals surface area contributed by atoms with Crippen molar-refractivity contribution in [2.45, 2.75) is 12.4 Å². The monoisotopic (exact) mass is 380 g/mol. The average Bonchev–Trinajstić information content (AvgIpc) is 2.52. The Morgan fingerprint density at radius 3 is 2.08 bits per heavy atom. The van der Waals surface area contributed by atoms with Crippen LogP contribution < -0.4 is 4.74 Å². The molecule has 6 nitrogen and oxygen atoms in total. The summed E-state index contributed by atoms with van der Waals surface area (Å²) >= 11 is 0. The Labute approximate surface area is 140 Å². The first kappa shape index (κ1) is 19.1. The molecule has 0 fully saturated rings. The van der Waals surface area contributed by atoms with Crippen molar-refractivity contribution in [1.82, 2.24) is 9.97 Å². The summed E-state index contributed by atoms with van der Waals surface area (Å²) < 4.78 is 81.7. The number of aromatic nitrogens is 2. The van der Waals surface area contributed by atoms with Gasteiger partial charge in [0.05, 0.1) is 16.7 Å². The van der Waals surface area contributed by atoms with E-state index >= 15 is 0 Å². The number of hydrogen-bond acceptors (Lipinski definition) is 5. The molecule has 26 heavy (non-hydrogen) atoms. The van der Waals surface area contributed by atoms with Gasteiger partial charge in [-0.15, -0.1) is 0 Å². The van der Waals surface area contributed by atoms with Gasteiger partial charge in [0, 0.05) is 18.6 Å². The van der Waals surface area contributed by atoms with E-state index in [0.29, 0.717) is 24.5 Å². The van der Waals surface area contributed by atoms with Gasteiger partial charge in [-0.1, -0.05) is 0 Å². The topological polar surface area (TPSA) is 89.4 Å². The number of halogens is 6. The Morgan fingerprint density at radius 1 is 0.962 bits per heavy atom. The van der Waals surface area contributed by atoms with Crippen molar-refractivity contribution in [3.05, 3.63) is 53.0 Å². The normalized spacial score (nSPS) is 11.9. The number of rotatable bonds is 3. The zero-order valence-corrected chi connectivity index (χ0v) is 12.2. The molecule has 2 aromatic heterocycles. The molecule has 0 aliphatic heterocycles. The van der Waals surface area contributed by atoms with Crippen LogP contribution in [-0.4, -0.2) is 27.0 Å². The Bertz CT molecular complexity index is 863. The quantitative estimate of drug-likeness (QED) is 0.648. The lowest BCUT2D eigenvalue weighted by molar-refractivity contribution is -0.138. The van der Waals surface area contributed by atoms with Gasteiger partial charge in [0.2, 0.25) is 5.88 Å². The molecule has 0 aromatic carbocycles. The Hall–Kier alpha value is -3.18. The molecule has 2 heterocycles. The molecule has 0 aliphatic rings. The zero-order valence-electron chi connectivity index (χ0n) is 12.2. The molecule has 0 atom stereocenters. The average molecular weight is 380 g/mol. The van der Waals surface area contributed by atoms with Crippen molar-refractivity contribution in [2.24, 2.45) is 0 Å². The molecule has 2 rings (SSSR count). The molecule has 12 heteroatoms. The smallest absolute Gasteiger partial charge is 0.417 e. The summed E-state index contributed by atoms with van der Waals surface area (Å²) in [6, 6.07) is 0.778. The zero-order chi connectivity index (χ0) is 19.7. The van der Waals surface area contributed by atoms with E-state index in [-0.39, 0.29) is 0 Å². The number of pyridine rings is 2. The van der Waals surface area contributed by atoms with Crippen LogP contribution in [0, 0.1) is 0 Å². The predicted octanol–water partition coefficient (Wildman–Crippen LogP) is 3.43. The van der Waals surface area contributed by atoms with Crippen molar-refractivity contribution >= 4 is 11.9 Å². The van der Waals surface area contributed by atoms with Crippen molar-refractivity contribution < 1.29 is 45.8 Å². The van der Waals surface area contributed by atoms with Crippen LogP contribution in [0.1, 0.15) is 31.8 Å². The number of carboxylic acids is 1. The number of carbonyl (C=O) groups excluding carboxylic acids is 1. The van der Waals surface area contributed by atoms with Crippen LogP contribution in [0.3, 0.4) is 0 Å². The second kappa shape index (κ2) is 6.61. The Kier molecular flexibility index (Phi) is 4.87. The fraction of sp³-hybridized carbons (Fsp3) is 0.143. The van der Waals surface area contributed by atoms with Crippen molar-refractivity contribution in [3.63, 3.8) is 0 Å². The van der Waals surface area contributed by atoms with E-state index in [1.165, 1.54) is 0 Å². The third-order valence-electron chi connectivity index (χ3n) is 2.97. The standard InChI is InChI=1S/C14H6F6N2O4/c15-13(16,17)7-1-3-21-5-6(7)12(25)26-10-9(11(23)24)8(2-4-22-10)14(18,19)20/h1-5H,(H,23,24). The molecule has 1 N–H and O–H groups in total. The van der Waals surface area contributed by atoms with Crippen LogP contribution in [0.15, 0.2) is 30.7 Å². The summed E-state index contributed by atoms with van der Waals surface area (Å²) in [7, 11) is 0. The van der Waals surface area contributed by atoms with Gasteiger partial charge in [0.15, 0.2) is 0 Å². The van der Waals surface area contributed by atoms with Crippen LogP contribution in [0.4, 0.5) is 26.3 Å². The minimum atomic E-state index is -5.12. The Morgan fingerprint density at radius 2 is 1.54 bits per heavy atom. The number of carboxylic acid groups (broad SMARTS) is 1. The van der Waals surface area contributed by atoms with Crippen molar-refractivity contribution in [2.75, 3.05) is 0 Å². The fourth-order valence-electron chi connectivity index (χ4n) is 1.91. The van der Waals surface area contributed by atoms with E-state index in [2.05, 4.69) is 14.7 Å². The second-order valence-corrected chi connectivity index (χ2v) is 4.65. The summed E-state index contributed by atoms with van der Waals surface area (Å²) in [5.74, 6) is -5.19. The number of ether oxygens (including phenoxy) is 1. The maximum Gasteiger partial charge on any atom is 0.417 e. The lowest BCUT2D eigenvalue weighted by Gasteiger charge is -2.14. The van der Waals surface area contributed by atoms with Gasteiger partial charge in [0.25, 0.3) is 0 Å². The third-order valence-corrected chi connectivity index (χ3v) is 2.97. The highest BCUT2D eigenvalue weighted by Crippen LogP contribution is 2.36. The molecule has 0 bridgehead atoms. The molecule has 0 spiro atoms. The molecule has 0 unspecified atom stereocenters. The summed E-state index contributed by atoms with van der Waals surface area (Å²) in [6.07, 6.45) is -8.37. The van der Waals surface area contributed by atoms with E-state index in [0.717, 1.165) is 6.20 Å². The van der Waals surface area contributed by atoms with Crippen LogP contribution in [0.2, 0.25) is 0 Å². The summed E-state index contributed by atoms with van der Waals surface area (Å²) in [5.41, 5.74) is -5.76. The van der Waals surface area contributed by atoms with Gasteiger partial charge < -0.3 is 9.84 Å². The highest BCUT2D eigenvalue weighted by molar-refractivity contribution is 5.96. The third kappa shape index (κ3) is 3.90. The highest BCUT2D eigenvalue weighted by Gasteiger charge is 2.39. The minimum absolute atomic E-state index is 0.325. The molecular weight excluding hydrogens is 374 g/mol. The van der Waals surface area contributed by atoms with Crippen LogP contribution in [0.5, 0.6) is 5.88 Å². The molecule has 0 radical (unpaired) electrons. The fourth-order valence-corrected chi connectivity index (χ4v) is 1.91. The number of nitrogens with zero attached hydrogens (tertiary/aromatic N) is 2. The first-order chi connectivity index (χ1) is 11.9. The molecule has 2 aromatic rings. The summed E-state index contributed by atoms with van der Waals surface area (Å²) in [5, 5.41) is 8.95. The second-order valence-electron chi connectivity index (χ2n) is 4.65. The molecule has 0 saturated heterocycles. The van der Waals surface area contributed by atoms with E-state index in [4.69, 9.17) is 5.11 Å². The minimum Gasteiger partial charge on any atom is -0.477 e. The van der Waals surface area contributed by atoms with Gasteiger partial charge in [-0.05, 0) is 12.1 Å². The van der Waals surface area contributed by atoms with E-state index < -0.39 is 52.4 Å². The first-order valence-electron chi connectivity index (χ1n) is 6.45. The number of aromatic carboxylic acids is 1. The lowest BCUT2D eigenvalue weighted by Crippen LogP contribution is -2.20. The van der Waals surface area contributed by atoms with Crippen LogP contribution in [0.25, 0.3) is 0 Å². The van der Waals surface area contributed by atoms with Gasteiger partial charge in [0.1, 0.15) is 5.56 Å². The van der Waals surface area contributed by atoms with E-state index in [1.54, 1.807) is 0 Å². The summed E-state index contributed by atoms with van der Waals surface area (Å²) in [6.45, 7) is 0. The highest BCUT2D eigenvalue weighted by atomic mass is 19.4. The van der Waals surface area contributed by atoms with Gasteiger partial charge in [-0.2, -0.15) is 26.3 Å². The number of alkyl halides is 6. The van der Waals surface area contributed by atoms with E-state index in [9.17, 15) is 35.9 Å². The van der Waals surface area contributed by atoms with E-state index in [1.807, 2.05) is 0 Å². The first-order valence-corrected chi connectivity index (χ1v) is 6.45. The van der Waals surface area contributed by atoms with Crippen LogP contribution >= 0.6 is 0 Å². The predicted molar refractivity (Wildman–Crippen MR) is 70.4 cm³/mol. The van der Waals surface area contributed by atoms with Crippen LogP contribution in [-0.2, 0) is 12.4 Å². The number of hydrogen-bond donors (Lipinski definition) is 1. The van der Waals surface area contributed by atoms with Crippen molar-refractivity contribution in [1.29, 1.82) is 0 Å². The van der Waals surface area contributed by atoms with Gasteiger partial charge >= 0.3 is 24.3 Å². The summed E-state index contributed by atoms with van der Waals surface area (Å²) in [4.78, 5) is 29.6. The SMILES string of the molecule is O=C(Oc1nccc(C(F)(F)F)c1C(=O)O)c1cnccc1C(F)(F)F. The molecular formula is C14H6F6N2O4. The van der Waals surface area contributed by atoms with Crippen molar-refractivity contribution in [3.8, 4) is 5.88 Å². The largest absolute Gasteiger partial charge is 0.477 e. The molecule has 0 saturated carbocycles. The van der Waals surface area contributed by atoms with Gasteiger partial charge in [-0.3, -0.25) is 4.98 Å². The number of esters is 1. The molecule has 0 aliphatic carbocycles. The maximum atomic E-state index is 12.9. The Balaban J connectivity index is 2.51. The maximum absolute atomic E-state index is 12.9. The molecule has 138 valence electrons. The van der Waals surface area contributed by atoms with Gasteiger partial charge in [-0.25, -0.2) is 14.6 Å². The lowest BCUT2D eigenvalue weighted by atomic mass is 10.1.